The van der Waals surface area contributed by atoms with Crippen molar-refractivity contribution in [3.8, 4) is 0 Å². The molecule has 0 saturated heterocycles. The third-order valence-electron chi connectivity index (χ3n) is 6.76. The van der Waals surface area contributed by atoms with E-state index >= 15 is 0 Å². The molecule has 5 atom stereocenters. The molecule has 1 saturated carbocycles. The summed E-state index contributed by atoms with van der Waals surface area (Å²) in [6.07, 6.45) is 9.85. The Morgan fingerprint density at radius 2 is 1.97 bits per heavy atom. The SMILES string of the molecule is CC(C)=C1CC2(C)C(=CCC(OC(=O)C(C)C(=O)C=CC=CCC(C)O)C2C)CC1=O. The van der Waals surface area contributed by atoms with Gasteiger partial charge < -0.3 is 9.84 Å². The Hall–Kier alpha value is -2.27. The first-order chi connectivity index (χ1) is 14.5. The van der Waals surface area contributed by atoms with E-state index in [0.717, 1.165) is 16.7 Å². The van der Waals surface area contributed by atoms with Crippen LogP contribution in [-0.2, 0) is 19.1 Å². The zero-order valence-electron chi connectivity index (χ0n) is 19.6. The molecule has 0 spiro atoms. The fraction of sp³-hybridized carbons (Fsp3) is 0.577. The van der Waals surface area contributed by atoms with E-state index in [1.807, 2.05) is 13.8 Å². The molecule has 1 fully saturated rings. The summed E-state index contributed by atoms with van der Waals surface area (Å²) in [7, 11) is 0. The smallest absolute Gasteiger partial charge is 0.316 e. The molecule has 1 N–H and O–H groups in total. The highest BCUT2D eigenvalue weighted by molar-refractivity contribution is 6.04. The van der Waals surface area contributed by atoms with E-state index in [2.05, 4.69) is 19.9 Å². The van der Waals surface area contributed by atoms with Gasteiger partial charge >= 0.3 is 5.97 Å². The minimum Gasteiger partial charge on any atom is -0.461 e. The third-order valence-corrected chi connectivity index (χ3v) is 6.76. The van der Waals surface area contributed by atoms with E-state index in [9.17, 15) is 19.5 Å². The lowest BCUT2D eigenvalue weighted by molar-refractivity contribution is -0.160. The van der Waals surface area contributed by atoms with Crippen LogP contribution < -0.4 is 0 Å². The van der Waals surface area contributed by atoms with Crippen LogP contribution in [0.15, 0.2) is 47.1 Å². The van der Waals surface area contributed by atoms with Crippen molar-refractivity contribution in [3.63, 3.8) is 0 Å². The Morgan fingerprint density at radius 3 is 2.58 bits per heavy atom. The Labute approximate surface area is 185 Å². The zero-order valence-corrected chi connectivity index (χ0v) is 19.6. The molecule has 2 aliphatic carbocycles. The second kappa shape index (κ2) is 10.4. The molecule has 0 aliphatic heterocycles. The highest BCUT2D eigenvalue weighted by Crippen LogP contribution is 2.52. The van der Waals surface area contributed by atoms with E-state index in [4.69, 9.17) is 4.74 Å². The molecule has 0 aromatic heterocycles. The average molecular weight is 429 g/mol. The number of ketones is 2. The summed E-state index contributed by atoms with van der Waals surface area (Å²) in [5.41, 5.74) is 2.84. The molecule has 0 amide bonds. The van der Waals surface area contributed by atoms with Gasteiger partial charge in [0.1, 0.15) is 12.0 Å². The van der Waals surface area contributed by atoms with Crippen LogP contribution >= 0.6 is 0 Å². The molecule has 0 aromatic carbocycles. The summed E-state index contributed by atoms with van der Waals surface area (Å²) >= 11 is 0. The van der Waals surface area contributed by atoms with E-state index < -0.39 is 18.0 Å². The van der Waals surface area contributed by atoms with Crippen molar-refractivity contribution in [1.29, 1.82) is 0 Å². The molecule has 0 aromatic rings. The molecule has 5 nitrogen and oxygen atoms in total. The number of allylic oxidation sites excluding steroid dienone is 6. The van der Waals surface area contributed by atoms with Crippen molar-refractivity contribution in [2.45, 2.75) is 79.4 Å². The Morgan fingerprint density at radius 1 is 1.29 bits per heavy atom. The number of rotatable bonds is 7. The van der Waals surface area contributed by atoms with Crippen LogP contribution in [0, 0.1) is 17.3 Å². The van der Waals surface area contributed by atoms with Crippen molar-refractivity contribution in [3.05, 3.63) is 47.1 Å². The standard InChI is InChI=1S/C26H36O5/c1-16(2)21-15-26(6)19(5)24(13-12-20(26)14-23(21)29)31-25(30)18(4)22(28)11-9-7-8-10-17(3)27/h7-9,11-12,17-19,24,27H,10,13-15H2,1-6H3. The second-order valence-corrected chi connectivity index (χ2v) is 9.40. The van der Waals surface area contributed by atoms with E-state index in [0.29, 0.717) is 25.7 Å². The van der Waals surface area contributed by atoms with Gasteiger partial charge in [0, 0.05) is 18.8 Å². The van der Waals surface area contributed by atoms with Gasteiger partial charge in [0.25, 0.3) is 0 Å². The number of carbonyl (C=O) groups excluding carboxylic acids is 3. The highest BCUT2D eigenvalue weighted by Gasteiger charge is 2.47. The maximum Gasteiger partial charge on any atom is 0.316 e. The molecule has 5 unspecified atom stereocenters. The summed E-state index contributed by atoms with van der Waals surface area (Å²) in [5.74, 6) is -1.48. The van der Waals surface area contributed by atoms with Gasteiger partial charge in [-0.25, -0.2) is 0 Å². The van der Waals surface area contributed by atoms with Crippen LogP contribution in [0.2, 0.25) is 0 Å². The van der Waals surface area contributed by atoms with Gasteiger partial charge in [-0.1, -0.05) is 49.3 Å². The van der Waals surface area contributed by atoms with Crippen LogP contribution in [0.4, 0.5) is 0 Å². The molecule has 5 heteroatoms. The van der Waals surface area contributed by atoms with Gasteiger partial charge in [0.05, 0.1) is 6.10 Å². The molecule has 2 rings (SSSR count). The van der Waals surface area contributed by atoms with Crippen molar-refractivity contribution in [2.75, 3.05) is 0 Å². The molecular formula is C26H36O5. The van der Waals surface area contributed by atoms with Gasteiger partial charge in [-0.3, -0.25) is 14.4 Å². The largest absolute Gasteiger partial charge is 0.461 e. The highest BCUT2D eigenvalue weighted by atomic mass is 16.5. The quantitative estimate of drug-likeness (QED) is 0.210. The number of Topliss-reactive ketones (excluding diaryl/α,β-unsaturated/α-hetero) is 1. The first kappa shape index (κ1) is 25.0. The van der Waals surface area contributed by atoms with Crippen molar-refractivity contribution < 1.29 is 24.2 Å². The predicted molar refractivity (Wildman–Crippen MR) is 121 cm³/mol. The van der Waals surface area contributed by atoms with Crippen LogP contribution in [0.5, 0.6) is 0 Å². The van der Waals surface area contributed by atoms with Crippen LogP contribution in [0.3, 0.4) is 0 Å². The lowest BCUT2D eigenvalue weighted by Gasteiger charge is -2.47. The Bertz CT molecular complexity index is 838. The summed E-state index contributed by atoms with van der Waals surface area (Å²) in [5, 5.41) is 9.22. The summed E-state index contributed by atoms with van der Waals surface area (Å²) in [6, 6.07) is 0. The monoisotopic (exact) mass is 428 g/mol. The number of aliphatic hydroxyl groups is 1. The van der Waals surface area contributed by atoms with E-state index in [1.165, 1.54) is 6.08 Å². The molecule has 31 heavy (non-hydrogen) atoms. The topological polar surface area (TPSA) is 80.7 Å². The molecule has 0 heterocycles. The number of hydrogen-bond donors (Lipinski definition) is 1. The van der Waals surface area contributed by atoms with Crippen molar-refractivity contribution in [1.82, 2.24) is 0 Å². The minimum absolute atomic E-state index is 0.0418. The lowest BCUT2D eigenvalue weighted by Crippen LogP contribution is -2.45. The van der Waals surface area contributed by atoms with Crippen LogP contribution in [-0.4, -0.2) is 34.9 Å². The van der Waals surface area contributed by atoms with Gasteiger partial charge in [0.2, 0.25) is 0 Å². The number of fused-ring (bicyclic) bond motifs is 1. The molecule has 0 bridgehead atoms. The normalized spacial score (nSPS) is 28.3. The first-order valence-corrected chi connectivity index (χ1v) is 11.1. The van der Waals surface area contributed by atoms with Gasteiger partial charge in [0.15, 0.2) is 11.6 Å². The summed E-state index contributed by atoms with van der Waals surface area (Å²) < 4.78 is 5.79. The maximum atomic E-state index is 12.7. The fourth-order valence-corrected chi connectivity index (χ4v) is 4.31. The first-order valence-electron chi connectivity index (χ1n) is 11.1. The Balaban J connectivity index is 2.05. The van der Waals surface area contributed by atoms with Crippen LogP contribution in [0.1, 0.15) is 67.2 Å². The number of carbonyl (C=O) groups is 3. The fourth-order valence-electron chi connectivity index (χ4n) is 4.31. The second-order valence-electron chi connectivity index (χ2n) is 9.40. The van der Waals surface area contributed by atoms with Gasteiger partial charge in [-0.15, -0.1) is 0 Å². The summed E-state index contributed by atoms with van der Waals surface area (Å²) in [6.45, 7) is 11.4. The Kier molecular flexibility index (Phi) is 8.35. The molecular weight excluding hydrogens is 392 g/mol. The predicted octanol–water partition coefficient (Wildman–Crippen LogP) is 4.66. The van der Waals surface area contributed by atoms with Crippen molar-refractivity contribution in [2.24, 2.45) is 17.3 Å². The van der Waals surface area contributed by atoms with Crippen LogP contribution in [0.25, 0.3) is 0 Å². The molecule has 170 valence electrons. The molecule has 0 radical (unpaired) electrons. The lowest BCUT2D eigenvalue weighted by atomic mass is 9.58. The zero-order chi connectivity index (χ0) is 23.3. The summed E-state index contributed by atoms with van der Waals surface area (Å²) in [4.78, 5) is 37.5. The van der Waals surface area contributed by atoms with E-state index in [-0.39, 0.29) is 29.0 Å². The number of hydrogen-bond acceptors (Lipinski definition) is 5. The van der Waals surface area contributed by atoms with Gasteiger partial charge in [-0.2, -0.15) is 0 Å². The van der Waals surface area contributed by atoms with Gasteiger partial charge in [-0.05, 0) is 57.6 Å². The number of aliphatic hydroxyl groups excluding tert-OH is 1. The number of esters is 1. The number of ether oxygens (including phenoxy) is 1. The average Bonchev–Trinajstić information content (AvgIpc) is 2.70. The van der Waals surface area contributed by atoms with Crippen molar-refractivity contribution >= 4 is 17.5 Å². The minimum atomic E-state index is -0.881. The molecule has 2 aliphatic rings. The van der Waals surface area contributed by atoms with E-state index in [1.54, 1.807) is 32.1 Å². The third kappa shape index (κ3) is 5.91. The maximum absolute atomic E-state index is 12.7.